The van der Waals surface area contributed by atoms with E-state index in [4.69, 9.17) is 5.11 Å². The number of carboxylic acid groups (broad SMARTS) is 1. The van der Waals surface area contributed by atoms with E-state index in [2.05, 4.69) is 5.32 Å². The van der Waals surface area contributed by atoms with Crippen LogP contribution in [0.15, 0.2) is 0 Å². The molecular formula is C10H23CeN2O2. The summed E-state index contributed by atoms with van der Waals surface area (Å²) in [5, 5.41) is 11.7. The Balaban J connectivity index is -0.000000151. The third-order valence-corrected chi connectivity index (χ3v) is 2.17. The predicted octanol–water partition coefficient (Wildman–Crippen LogP) is 1.70. The number of hydrogen-bond donors (Lipinski definition) is 2. The molecule has 1 rings (SSSR count). The first-order chi connectivity index (χ1) is 5.24. The van der Waals surface area contributed by atoms with Crippen LogP contribution in [-0.2, 0) is 0 Å². The first kappa shape index (κ1) is 24.7. The van der Waals surface area contributed by atoms with E-state index in [9.17, 15) is 4.79 Å². The zero-order chi connectivity index (χ0) is 8.27. The van der Waals surface area contributed by atoms with Gasteiger partial charge in [0.25, 0.3) is 0 Å². The Hall–Kier alpha value is 0.607. The molecule has 0 aliphatic carbocycles. The van der Waals surface area contributed by atoms with Crippen molar-refractivity contribution in [2.75, 3.05) is 20.1 Å². The predicted molar refractivity (Wildman–Crippen MR) is 60.9 cm³/mol. The van der Waals surface area contributed by atoms with E-state index in [1.54, 1.807) is 0 Å². The van der Waals surface area contributed by atoms with Crippen LogP contribution in [0.3, 0.4) is 0 Å². The van der Waals surface area contributed by atoms with Gasteiger partial charge in [0.2, 0.25) is 0 Å². The summed E-state index contributed by atoms with van der Waals surface area (Å²) in [6.07, 6.45) is 1.07. The SMILES string of the molecule is CNC1CCN(C(=O)O)CC1.[CH3-].[CH3-].[CH3-].[Ce+3]. The summed E-state index contributed by atoms with van der Waals surface area (Å²) in [4.78, 5) is 11.9. The van der Waals surface area contributed by atoms with Crippen LogP contribution in [0.1, 0.15) is 12.8 Å². The van der Waals surface area contributed by atoms with Gasteiger partial charge in [-0.2, -0.15) is 0 Å². The van der Waals surface area contributed by atoms with Gasteiger partial charge in [0.05, 0.1) is 0 Å². The van der Waals surface area contributed by atoms with Gasteiger partial charge in [-0.3, -0.25) is 0 Å². The third-order valence-electron chi connectivity index (χ3n) is 2.17. The van der Waals surface area contributed by atoms with Gasteiger partial charge in [0.1, 0.15) is 0 Å². The summed E-state index contributed by atoms with van der Waals surface area (Å²) >= 11 is 0. The van der Waals surface area contributed by atoms with Gasteiger partial charge in [-0.25, -0.2) is 4.79 Å². The number of likely N-dealkylation sites (tertiary alicyclic amines) is 1. The topological polar surface area (TPSA) is 52.6 Å². The number of rotatable bonds is 1. The molecule has 0 saturated carbocycles. The number of nitrogens with one attached hydrogen (secondary N) is 1. The summed E-state index contributed by atoms with van der Waals surface area (Å²) in [7, 11) is 1.92. The van der Waals surface area contributed by atoms with Crippen LogP contribution in [0.2, 0.25) is 0 Å². The monoisotopic (exact) mass is 343 g/mol. The Kier molecular flexibility index (Phi) is 20.9. The number of hydrogen-bond acceptors (Lipinski definition) is 2. The fourth-order valence-corrected chi connectivity index (χ4v) is 1.36. The Labute approximate surface area is 128 Å². The molecule has 1 heterocycles. The molecule has 1 saturated heterocycles. The molecule has 0 unspecified atom stereocenters. The maximum Gasteiger partial charge on any atom is 3.00 e. The van der Waals surface area contributed by atoms with Crippen LogP contribution in [0.4, 0.5) is 4.79 Å². The maximum atomic E-state index is 10.5. The molecule has 1 aliphatic heterocycles. The van der Waals surface area contributed by atoms with Crippen LogP contribution < -0.4 is 5.32 Å². The first-order valence-electron chi connectivity index (χ1n) is 3.89. The summed E-state index contributed by atoms with van der Waals surface area (Å²) in [6, 6.07) is 0.505. The van der Waals surface area contributed by atoms with Crippen molar-refractivity contribution in [2.45, 2.75) is 18.9 Å². The van der Waals surface area contributed by atoms with Crippen LogP contribution in [0.5, 0.6) is 0 Å². The molecule has 2 N–H and O–H groups in total. The minimum atomic E-state index is -0.792. The average Bonchev–Trinajstić information content (AvgIpc) is 2.05. The fraction of sp³-hybridized carbons (Fsp3) is 0.600. The van der Waals surface area contributed by atoms with Crippen LogP contribution in [0.25, 0.3) is 0 Å². The zero-order valence-electron chi connectivity index (χ0n) is 10.2. The van der Waals surface area contributed by atoms with Crippen molar-refractivity contribution in [1.29, 1.82) is 0 Å². The van der Waals surface area contributed by atoms with Gasteiger partial charge in [-0.05, 0) is 19.9 Å². The number of nitrogens with zero attached hydrogens (tertiary/aromatic N) is 1. The van der Waals surface area contributed by atoms with E-state index in [1.165, 1.54) is 4.90 Å². The molecule has 0 bridgehead atoms. The van der Waals surface area contributed by atoms with Gasteiger partial charge in [-0.1, -0.05) is 0 Å². The molecule has 0 aromatic heterocycles. The van der Waals surface area contributed by atoms with Crippen molar-refractivity contribution < 1.29 is 51.6 Å². The van der Waals surface area contributed by atoms with Crippen molar-refractivity contribution in [3.8, 4) is 0 Å². The standard InChI is InChI=1S/C7H14N2O2.3CH3.Ce/c1-8-6-2-4-9(5-3-6)7(10)11;;;;/h6,8H,2-5H2,1H3,(H,10,11);3*1H3;/q;3*-1;+3. The first-order valence-corrected chi connectivity index (χ1v) is 3.89. The number of amides is 1. The van der Waals surface area contributed by atoms with E-state index < -0.39 is 6.09 Å². The molecule has 0 spiro atoms. The molecule has 4 nitrogen and oxygen atoms in total. The van der Waals surface area contributed by atoms with Crippen molar-refractivity contribution in [3.63, 3.8) is 0 Å². The Bertz CT molecular complexity index is 148. The van der Waals surface area contributed by atoms with E-state index in [0.717, 1.165) is 12.8 Å². The van der Waals surface area contributed by atoms with Gasteiger partial charge >= 0.3 is 47.8 Å². The fourth-order valence-electron chi connectivity index (χ4n) is 1.36. The second kappa shape index (κ2) is 12.7. The quantitative estimate of drug-likeness (QED) is 0.713. The van der Waals surface area contributed by atoms with E-state index in [-0.39, 0.29) is 64.0 Å². The smallest absolute Gasteiger partial charge is 0.465 e. The second-order valence-corrected chi connectivity index (χ2v) is 2.83. The van der Waals surface area contributed by atoms with Crippen molar-refractivity contribution in [3.05, 3.63) is 22.3 Å². The summed E-state index contributed by atoms with van der Waals surface area (Å²) in [5.41, 5.74) is 0. The minimum Gasteiger partial charge on any atom is -0.465 e. The molecule has 1 fully saturated rings. The Morgan fingerprint density at radius 1 is 1.27 bits per heavy atom. The normalized spacial score (nSPS) is 14.9. The van der Waals surface area contributed by atoms with E-state index >= 15 is 0 Å². The molecule has 1 radical (unpaired) electrons. The van der Waals surface area contributed by atoms with Crippen molar-refractivity contribution >= 4 is 6.09 Å². The molecular weight excluding hydrogens is 320 g/mol. The molecule has 0 aromatic carbocycles. The number of carbonyl (C=O) groups is 1. The molecule has 1 aliphatic rings. The molecule has 1 amide bonds. The molecule has 5 heteroatoms. The van der Waals surface area contributed by atoms with E-state index in [0.29, 0.717) is 19.1 Å². The van der Waals surface area contributed by atoms with Gasteiger partial charge in [-0.15, -0.1) is 0 Å². The Morgan fingerprint density at radius 3 is 1.93 bits per heavy atom. The van der Waals surface area contributed by atoms with E-state index in [1.807, 2.05) is 7.05 Å². The van der Waals surface area contributed by atoms with Gasteiger partial charge < -0.3 is 37.6 Å². The molecule has 89 valence electrons. The van der Waals surface area contributed by atoms with Crippen molar-refractivity contribution in [1.82, 2.24) is 10.2 Å². The molecule has 0 aromatic rings. The largest absolute Gasteiger partial charge is 3.00 e. The zero-order valence-corrected chi connectivity index (χ0v) is 13.3. The summed E-state index contributed by atoms with van der Waals surface area (Å²) in [6.45, 7) is 1.34. The molecule has 0 atom stereocenters. The minimum absolute atomic E-state index is 0. The van der Waals surface area contributed by atoms with Gasteiger partial charge in [0, 0.05) is 19.1 Å². The maximum absolute atomic E-state index is 10.5. The Morgan fingerprint density at radius 2 is 1.67 bits per heavy atom. The third kappa shape index (κ3) is 8.42. The van der Waals surface area contributed by atoms with Gasteiger partial charge in [0.15, 0.2) is 0 Å². The second-order valence-electron chi connectivity index (χ2n) is 2.83. The van der Waals surface area contributed by atoms with Crippen LogP contribution in [0, 0.1) is 64.0 Å². The van der Waals surface area contributed by atoms with Crippen LogP contribution in [-0.4, -0.2) is 42.3 Å². The molecule has 15 heavy (non-hydrogen) atoms. The average molecular weight is 343 g/mol. The summed E-state index contributed by atoms with van der Waals surface area (Å²) in [5.74, 6) is 0. The number of piperidine rings is 1. The van der Waals surface area contributed by atoms with Crippen LogP contribution >= 0.6 is 0 Å². The van der Waals surface area contributed by atoms with Crippen molar-refractivity contribution in [2.24, 2.45) is 0 Å². The summed E-state index contributed by atoms with van der Waals surface area (Å²) < 4.78 is 0.